The summed E-state index contributed by atoms with van der Waals surface area (Å²) < 4.78 is 0. The van der Waals surface area contributed by atoms with Crippen LogP contribution in [-0.4, -0.2) is 43.9 Å². The number of Topliss-reactive ketones (excluding diaryl/α,β-unsaturated/α-hetero) is 1. The molecule has 2 aliphatic heterocycles. The van der Waals surface area contributed by atoms with Crippen molar-refractivity contribution in [3.63, 3.8) is 0 Å². The van der Waals surface area contributed by atoms with Crippen molar-refractivity contribution in [2.24, 2.45) is 11.8 Å². The van der Waals surface area contributed by atoms with Crippen LogP contribution in [0, 0.1) is 11.8 Å². The van der Waals surface area contributed by atoms with Gasteiger partial charge in [0.05, 0.1) is 0 Å². The zero-order valence-corrected chi connectivity index (χ0v) is 18.5. The predicted octanol–water partition coefficient (Wildman–Crippen LogP) is 5.71. The number of fused-ring (bicyclic) bond motifs is 1. The largest absolute Gasteiger partial charge is 0.374 e. The molecule has 1 aromatic carbocycles. The Bertz CT molecular complexity index is 671. The van der Waals surface area contributed by atoms with Crippen molar-refractivity contribution in [1.29, 1.82) is 0 Å². The number of aryl methyl sites for hydroxylation is 1. The van der Waals surface area contributed by atoms with Crippen LogP contribution in [0.5, 0.6) is 0 Å². The Morgan fingerprint density at radius 1 is 0.931 bits per heavy atom. The van der Waals surface area contributed by atoms with Gasteiger partial charge < -0.3 is 9.80 Å². The molecule has 2 heterocycles. The van der Waals surface area contributed by atoms with Gasteiger partial charge in [0.15, 0.2) is 5.78 Å². The summed E-state index contributed by atoms with van der Waals surface area (Å²) in [5.74, 6) is 2.05. The van der Waals surface area contributed by atoms with Crippen LogP contribution in [0.3, 0.4) is 0 Å². The molecule has 0 bridgehead atoms. The molecule has 0 radical (unpaired) electrons. The molecule has 1 aromatic rings. The summed E-state index contributed by atoms with van der Waals surface area (Å²) >= 11 is 0. The molecule has 160 valence electrons. The summed E-state index contributed by atoms with van der Waals surface area (Å²) in [5.41, 5.74) is 3.63. The summed E-state index contributed by atoms with van der Waals surface area (Å²) in [6.45, 7) is 4.95. The van der Waals surface area contributed by atoms with Crippen LogP contribution in [0.2, 0.25) is 0 Å². The van der Waals surface area contributed by atoms with Gasteiger partial charge in [-0.2, -0.15) is 0 Å². The fourth-order valence-corrected chi connectivity index (χ4v) is 5.79. The zero-order valence-electron chi connectivity index (χ0n) is 18.5. The standard InChI is InChI=1S/C26H40N2O/c1-27-16-6-5-9-23-19-24(11-12-25(23)27)26(29)13-10-21-14-17-28(18-15-21)20-22-7-3-2-4-8-22/h11-12,19,21-22H,2-10,13-18,20H2,1H3. The smallest absolute Gasteiger partial charge is 0.162 e. The maximum atomic E-state index is 12.8. The van der Waals surface area contributed by atoms with E-state index in [1.54, 1.807) is 0 Å². The van der Waals surface area contributed by atoms with Gasteiger partial charge in [0, 0.05) is 37.8 Å². The number of hydrogen-bond donors (Lipinski definition) is 0. The lowest BCUT2D eigenvalue weighted by Crippen LogP contribution is -2.37. The molecule has 3 aliphatic rings. The number of hydrogen-bond acceptors (Lipinski definition) is 3. The lowest BCUT2D eigenvalue weighted by atomic mass is 9.86. The Labute approximate surface area is 177 Å². The van der Waals surface area contributed by atoms with Crippen molar-refractivity contribution in [3.05, 3.63) is 29.3 Å². The molecule has 1 aliphatic carbocycles. The molecule has 3 heteroatoms. The van der Waals surface area contributed by atoms with Crippen molar-refractivity contribution in [3.8, 4) is 0 Å². The maximum Gasteiger partial charge on any atom is 0.162 e. The van der Waals surface area contributed by atoms with Crippen molar-refractivity contribution in [2.75, 3.05) is 38.1 Å². The molecule has 0 spiro atoms. The fourth-order valence-electron chi connectivity index (χ4n) is 5.79. The minimum absolute atomic E-state index is 0.351. The first kappa shape index (κ1) is 20.9. The predicted molar refractivity (Wildman–Crippen MR) is 122 cm³/mol. The Kier molecular flexibility index (Phi) is 7.29. The van der Waals surface area contributed by atoms with E-state index >= 15 is 0 Å². The summed E-state index contributed by atoms with van der Waals surface area (Å²) in [4.78, 5) is 17.9. The summed E-state index contributed by atoms with van der Waals surface area (Å²) in [7, 11) is 2.17. The van der Waals surface area contributed by atoms with E-state index in [4.69, 9.17) is 0 Å². The highest BCUT2D eigenvalue weighted by molar-refractivity contribution is 5.96. The van der Waals surface area contributed by atoms with Crippen molar-refractivity contribution < 1.29 is 4.79 Å². The van der Waals surface area contributed by atoms with E-state index < -0.39 is 0 Å². The zero-order chi connectivity index (χ0) is 20.1. The van der Waals surface area contributed by atoms with Crippen LogP contribution < -0.4 is 4.90 Å². The number of carbonyl (C=O) groups excluding carboxylic acids is 1. The monoisotopic (exact) mass is 396 g/mol. The first-order valence-electron chi connectivity index (χ1n) is 12.3. The minimum Gasteiger partial charge on any atom is -0.374 e. The van der Waals surface area contributed by atoms with Gasteiger partial charge in [-0.15, -0.1) is 0 Å². The van der Waals surface area contributed by atoms with E-state index in [9.17, 15) is 4.79 Å². The quantitative estimate of drug-likeness (QED) is 0.575. The van der Waals surface area contributed by atoms with E-state index in [1.807, 2.05) is 0 Å². The third-order valence-corrected chi connectivity index (χ3v) is 7.73. The number of nitrogens with zero attached hydrogens (tertiary/aromatic N) is 2. The van der Waals surface area contributed by atoms with E-state index in [1.165, 1.54) is 88.7 Å². The van der Waals surface area contributed by atoms with E-state index in [0.29, 0.717) is 5.78 Å². The molecule has 0 unspecified atom stereocenters. The summed E-state index contributed by atoms with van der Waals surface area (Å²) in [6.07, 6.45) is 15.2. The van der Waals surface area contributed by atoms with Gasteiger partial charge in [0.25, 0.3) is 0 Å². The molecule has 4 rings (SSSR count). The number of benzene rings is 1. The van der Waals surface area contributed by atoms with Gasteiger partial charge in [-0.25, -0.2) is 0 Å². The SMILES string of the molecule is CN1CCCCc2cc(C(=O)CCC3CCN(CC4CCCCC4)CC3)ccc21. The molecule has 0 amide bonds. The number of carbonyl (C=O) groups is 1. The van der Waals surface area contributed by atoms with Crippen LogP contribution >= 0.6 is 0 Å². The first-order valence-corrected chi connectivity index (χ1v) is 12.3. The van der Waals surface area contributed by atoms with Crippen LogP contribution in [0.25, 0.3) is 0 Å². The second-order valence-corrected chi connectivity index (χ2v) is 9.93. The van der Waals surface area contributed by atoms with Crippen LogP contribution in [0.15, 0.2) is 18.2 Å². The highest BCUT2D eigenvalue weighted by Crippen LogP contribution is 2.29. The van der Waals surface area contributed by atoms with Gasteiger partial charge in [-0.1, -0.05) is 19.3 Å². The number of likely N-dealkylation sites (tertiary alicyclic amines) is 1. The number of ketones is 1. The lowest BCUT2D eigenvalue weighted by molar-refractivity contribution is 0.0956. The molecular formula is C26H40N2O. The number of rotatable bonds is 6. The number of anilines is 1. The Balaban J connectivity index is 1.22. The fraction of sp³-hybridized carbons (Fsp3) is 0.731. The molecule has 29 heavy (non-hydrogen) atoms. The topological polar surface area (TPSA) is 23.6 Å². The van der Waals surface area contributed by atoms with E-state index in [2.05, 4.69) is 35.0 Å². The highest BCUT2D eigenvalue weighted by Gasteiger charge is 2.23. The molecule has 0 atom stereocenters. The van der Waals surface area contributed by atoms with Gasteiger partial charge in [-0.3, -0.25) is 4.79 Å². The van der Waals surface area contributed by atoms with Crippen LogP contribution in [-0.2, 0) is 6.42 Å². The van der Waals surface area contributed by atoms with Gasteiger partial charge in [0.2, 0.25) is 0 Å². The average molecular weight is 397 g/mol. The van der Waals surface area contributed by atoms with Crippen molar-refractivity contribution >= 4 is 11.5 Å². The Hall–Kier alpha value is -1.35. The molecule has 1 saturated carbocycles. The van der Waals surface area contributed by atoms with E-state index in [-0.39, 0.29) is 0 Å². The Morgan fingerprint density at radius 2 is 1.72 bits per heavy atom. The third-order valence-electron chi connectivity index (χ3n) is 7.73. The highest BCUT2D eigenvalue weighted by atomic mass is 16.1. The Morgan fingerprint density at radius 3 is 2.52 bits per heavy atom. The molecule has 1 saturated heterocycles. The second kappa shape index (κ2) is 10.1. The van der Waals surface area contributed by atoms with Gasteiger partial charge >= 0.3 is 0 Å². The normalized spacial score (nSPS) is 22.3. The molecular weight excluding hydrogens is 356 g/mol. The van der Waals surface area contributed by atoms with Crippen molar-refractivity contribution in [1.82, 2.24) is 4.90 Å². The van der Waals surface area contributed by atoms with Gasteiger partial charge in [-0.05, 0) is 100 Å². The van der Waals surface area contributed by atoms with Crippen LogP contribution in [0.4, 0.5) is 5.69 Å². The number of piperidine rings is 1. The van der Waals surface area contributed by atoms with Crippen molar-refractivity contribution in [2.45, 2.75) is 77.0 Å². The summed E-state index contributed by atoms with van der Waals surface area (Å²) in [5, 5.41) is 0. The third kappa shape index (κ3) is 5.63. The summed E-state index contributed by atoms with van der Waals surface area (Å²) in [6, 6.07) is 6.43. The van der Waals surface area contributed by atoms with Gasteiger partial charge in [0.1, 0.15) is 0 Å². The minimum atomic E-state index is 0.351. The van der Waals surface area contributed by atoms with E-state index in [0.717, 1.165) is 43.2 Å². The van der Waals surface area contributed by atoms with Crippen LogP contribution in [0.1, 0.15) is 86.6 Å². The maximum absolute atomic E-state index is 12.8. The molecule has 2 fully saturated rings. The molecule has 0 N–H and O–H groups in total. The lowest BCUT2D eigenvalue weighted by Gasteiger charge is -2.35. The second-order valence-electron chi connectivity index (χ2n) is 9.93. The molecule has 0 aromatic heterocycles. The molecule has 3 nitrogen and oxygen atoms in total. The first-order chi connectivity index (χ1) is 14.2. The average Bonchev–Trinajstić information content (AvgIpc) is 2.94.